The van der Waals surface area contributed by atoms with E-state index < -0.39 is 57.4 Å². The Hall–Kier alpha value is -7.11. The molecule has 4 heterocycles. The first-order valence-corrected chi connectivity index (χ1v) is 28.4. The van der Waals surface area contributed by atoms with E-state index in [1.54, 1.807) is 46.5 Å². The fourth-order valence-electron chi connectivity index (χ4n) is 8.36. The van der Waals surface area contributed by atoms with Crippen molar-refractivity contribution in [3.05, 3.63) is 136 Å². The normalized spacial score (nSPS) is 15.4. The van der Waals surface area contributed by atoms with E-state index in [4.69, 9.17) is 4.74 Å². The zero-order valence-corrected chi connectivity index (χ0v) is 45.4. The van der Waals surface area contributed by atoms with E-state index >= 15 is 0 Å². The number of nitrogens with zero attached hydrogens (tertiary/aromatic N) is 4. The number of benzene rings is 3. The smallest absolute Gasteiger partial charge is 0.253 e. The molecule has 7 rings (SSSR count). The van der Waals surface area contributed by atoms with Crippen molar-refractivity contribution in [3.63, 3.8) is 0 Å². The van der Waals surface area contributed by atoms with Crippen LogP contribution in [0.1, 0.15) is 90.4 Å². The first-order chi connectivity index (χ1) is 36.2. The van der Waals surface area contributed by atoms with Crippen molar-refractivity contribution in [1.29, 1.82) is 0 Å². The molecule has 1 aliphatic heterocycles. The molecule has 0 radical (unpaired) electrons. The van der Waals surface area contributed by atoms with Gasteiger partial charge in [-0.3, -0.25) is 32.7 Å². The summed E-state index contributed by atoms with van der Waals surface area (Å²) in [5.41, 5.74) is 6.61. The molecule has 0 unspecified atom stereocenters. The highest BCUT2D eigenvalue weighted by Crippen LogP contribution is 2.29. The molecule has 0 saturated carbocycles. The van der Waals surface area contributed by atoms with Gasteiger partial charge in [-0.2, -0.15) is 0 Å². The van der Waals surface area contributed by atoms with Crippen LogP contribution in [0.4, 0.5) is 5.13 Å². The highest BCUT2D eigenvalue weighted by atomic mass is 32.2. The third-order valence-corrected chi connectivity index (χ3v) is 15.3. The highest BCUT2D eigenvalue weighted by Gasteiger charge is 2.44. The van der Waals surface area contributed by atoms with Gasteiger partial charge in [0.15, 0.2) is 5.13 Å². The van der Waals surface area contributed by atoms with Crippen LogP contribution in [0.25, 0.3) is 21.7 Å². The number of rotatable bonds is 23. The largest absolute Gasteiger partial charge is 0.391 e. The van der Waals surface area contributed by atoms with E-state index in [1.807, 2.05) is 82.3 Å². The molecule has 3 aromatic carbocycles. The standard InChI is InChI=1S/C54H63N9O10S3/c1-34-46(75-33-57-34)38-19-15-35(16-20-38)27-56-51(69)44-26-41(64)29-63(44)52(70)47(54(2,3)4)60-45(65)14-10-7-11-24-55-48(66)39-21-17-36(18-22-39)30-73-31-42(58-49(67)40-23-25-62(28-40)76(5,71)72)50(68)61-53-59-43(32-74-53)37-12-8-6-9-13-37/h6,8-9,12-13,15-23,25,28,32-33,41-42,44,47,64H,7,10-11,14,24,26-27,29-31H2,1-5H3,(H,55,66)(H,56,69)(H,58,67)(H,60,65)(H,59,61,68)/t41-,42+,44+,47-/m1/s1. The van der Waals surface area contributed by atoms with Gasteiger partial charge in [0, 0.05) is 61.4 Å². The van der Waals surface area contributed by atoms with Crippen molar-refractivity contribution in [2.75, 3.05) is 31.3 Å². The lowest BCUT2D eigenvalue weighted by Gasteiger charge is -2.35. The Labute approximate surface area is 449 Å². The van der Waals surface area contributed by atoms with Crippen LogP contribution >= 0.6 is 22.7 Å². The minimum atomic E-state index is -3.64. The summed E-state index contributed by atoms with van der Waals surface area (Å²) in [5, 5.41) is 26.8. The molecular weight excluding hydrogens is 1030 g/mol. The minimum absolute atomic E-state index is 0.0251. The van der Waals surface area contributed by atoms with E-state index in [2.05, 4.69) is 36.6 Å². The molecule has 4 atom stereocenters. The zero-order chi connectivity index (χ0) is 54.6. The number of carbonyl (C=O) groups is 6. The lowest BCUT2D eigenvalue weighted by atomic mass is 9.85. The number of β-amino-alcohol motifs (C(OH)–C–C–N with tert-alkyl or cyclic N) is 1. The molecular formula is C54H63N9O10S3. The molecule has 402 valence electrons. The average Bonchev–Trinajstić information content (AvgIpc) is 4.24. The van der Waals surface area contributed by atoms with Crippen LogP contribution in [0.2, 0.25) is 0 Å². The maximum absolute atomic E-state index is 14.1. The predicted octanol–water partition coefficient (Wildman–Crippen LogP) is 5.90. The van der Waals surface area contributed by atoms with Crippen LogP contribution in [0.3, 0.4) is 0 Å². The van der Waals surface area contributed by atoms with Gasteiger partial charge in [0.2, 0.25) is 27.7 Å². The molecule has 22 heteroatoms. The summed E-state index contributed by atoms with van der Waals surface area (Å²) >= 11 is 2.77. The van der Waals surface area contributed by atoms with Crippen molar-refractivity contribution in [2.24, 2.45) is 5.41 Å². The summed E-state index contributed by atoms with van der Waals surface area (Å²) in [6.07, 6.45) is 4.44. The first kappa shape index (κ1) is 56.6. The Morgan fingerprint density at radius 1 is 0.842 bits per heavy atom. The maximum atomic E-state index is 14.1. The lowest BCUT2D eigenvalue weighted by molar-refractivity contribution is -0.144. The van der Waals surface area contributed by atoms with Crippen LogP contribution in [0.15, 0.2) is 108 Å². The molecule has 6 N–H and O–H groups in total. The number of amides is 6. The summed E-state index contributed by atoms with van der Waals surface area (Å²) in [5.74, 6) is -2.73. The SMILES string of the molecule is Cc1ncsc1-c1ccc(CNC(=O)[C@@H]2C[C@@H](O)CN2C(=O)[C@@H](NC(=O)CCCCCNC(=O)c2ccc(COC[C@H](NC(=O)c3ccn(S(C)(=O)=O)c3)C(=O)Nc3nc(-c4ccccc4)cs3)cc2)C(C)(C)C)cc1. The van der Waals surface area contributed by atoms with Gasteiger partial charge in [-0.05, 0) is 60.1 Å². The Bertz CT molecular complexity index is 3100. The average molecular weight is 1090 g/mol. The Morgan fingerprint density at radius 3 is 2.24 bits per heavy atom. The lowest BCUT2D eigenvalue weighted by Crippen LogP contribution is -2.57. The van der Waals surface area contributed by atoms with E-state index in [-0.39, 0.29) is 62.4 Å². The number of aliphatic hydroxyl groups is 1. The molecule has 76 heavy (non-hydrogen) atoms. The zero-order valence-electron chi connectivity index (χ0n) is 42.9. The number of hydrogen-bond donors (Lipinski definition) is 6. The van der Waals surface area contributed by atoms with E-state index in [1.165, 1.54) is 28.5 Å². The molecule has 6 aromatic rings. The number of aliphatic hydroxyl groups excluding tert-OH is 1. The summed E-state index contributed by atoms with van der Waals surface area (Å²) in [6, 6.07) is 22.2. The van der Waals surface area contributed by atoms with Crippen molar-refractivity contribution < 1.29 is 47.0 Å². The Morgan fingerprint density at radius 2 is 1.57 bits per heavy atom. The van der Waals surface area contributed by atoms with Crippen molar-refractivity contribution in [1.82, 2.24) is 40.1 Å². The van der Waals surface area contributed by atoms with Gasteiger partial charge in [-0.1, -0.05) is 93.9 Å². The second-order valence-corrected chi connectivity index (χ2v) is 23.2. The number of unbranched alkanes of at least 4 members (excludes halogenated alkanes) is 2. The predicted molar refractivity (Wildman–Crippen MR) is 291 cm³/mol. The summed E-state index contributed by atoms with van der Waals surface area (Å²) < 4.78 is 30.8. The monoisotopic (exact) mass is 1090 g/mol. The third-order valence-electron chi connectivity index (χ3n) is 12.6. The molecule has 3 aromatic heterocycles. The van der Waals surface area contributed by atoms with E-state index in [0.717, 1.165) is 43.7 Å². The van der Waals surface area contributed by atoms with Gasteiger partial charge in [0.25, 0.3) is 17.7 Å². The quantitative estimate of drug-likeness (QED) is 0.0410. The number of carbonyl (C=O) groups excluding carboxylic acids is 6. The number of thiazole rings is 2. The highest BCUT2D eigenvalue weighted by molar-refractivity contribution is 7.89. The fraction of sp³-hybridized carbons (Fsp3) is 0.370. The molecule has 1 saturated heterocycles. The summed E-state index contributed by atoms with van der Waals surface area (Å²) in [6.45, 7) is 7.81. The Kier molecular flexibility index (Phi) is 19.1. The maximum Gasteiger partial charge on any atom is 0.253 e. The number of likely N-dealkylation sites (tertiary alicyclic amines) is 1. The van der Waals surface area contributed by atoms with Crippen molar-refractivity contribution >= 4 is 73.3 Å². The molecule has 6 amide bonds. The molecule has 0 aliphatic carbocycles. The third kappa shape index (κ3) is 15.5. The van der Waals surface area contributed by atoms with Crippen LogP contribution in [-0.2, 0) is 47.1 Å². The number of anilines is 1. The topological polar surface area (TPSA) is 260 Å². The molecule has 1 fully saturated rings. The molecule has 0 bridgehead atoms. The van der Waals surface area contributed by atoms with Gasteiger partial charge in [0.1, 0.15) is 18.1 Å². The van der Waals surface area contributed by atoms with E-state index in [9.17, 15) is 42.3 Å². The first-order valence-electron chi connectivity index (χ1n) is 24.7. The number of aromatic nitrogens is 3. The summed E-state index contributed by atoms with van der Waals surface area (Å²) in [4.78, 5) is 91.8. The molecule has 19 nitrogen and oxygen atoms in total. The minimum Gasteiger partial charge on any atom is -0.391 e. The van der Waals surface area contributed by atoms with Gasteiger partial charge in [-0.15, -0.1) is 22.7 Å². The second-order valence-electron chi connectivity index (χ2n) is 19.6. The van der Waals surface area contributed by atoms with Gasteiger partial charge in [0.05, 0.1) is 52.9 Å². The fourth-order valence-corrected chi connectivity index (χ4v) is 10.5. The Balaban J connectivity index is 0.832. The molecule has 0 spiro atoms. The van der Waals surface area contributed by atoms with Crippen LogP contribution in [-0.4, -0.2) is 118 Å². The van der Waals surface area contributed by atoms with Crippen molar-refractivity contribution in [2.45, 2.75) is 97.2 Å². The molecule has 1 aliphatic rings. The van der Waals surface area contributed by atoms with Gasteiger partial charge >= 0.3 is 0 Å². The number of nitrogens with one attached hydrogen (secondary N) is 5. The number of hydrogen-bond acceptors (Lipinski definition) is 14. The van der Waals surface area contributed by atoms with Gasteiger partial charge in [-0.25, -0.2) is 18.4 Å². The summed E-state index contributed by atoms with van der Waals surface area (Å²) in [7, 11) is -3.64. The van der Waals surface area contributed by atoms with Crippen LogP contribution in [0.5, 0.6) is 0 Å². The number of aryl methyl sites for hydroxylation is 1. The van der Waals surface area contributed by atoms with Crippen LogP contribution < -0.4 is 26.6 Å². The van der Waals surface area contributed by atoms with Crippen molar-refractivity contribution in [3.8, 4) is 21.7 Å². The van der Waals surface area contributed by atoms with Gasteiger partial charge < -0.3 is 41.3 Å². The van der Waals surface area contributed by atoms with Crippen LogP contribution in [0, 0.1) is 12.3 Å². The van der Waals surface area contributed by atoms with E-state index in [0.29, 0.717) is 47.8 Å². The second kappa shape index (κ2) is 25.6. The number of ether oxygens (including phenoxy) is 1.